The van der Waals surface area contributed by atoms with E-state index in [4.69, 9.17) is 37.0 Å². The molecule has 0 bridgehead atoms. The number of carbonyl (C=O) groups is 4. The third-order valence-corrected chi connectivity index (χ3v) is 20.7. The van der Waals surface area contributed by atoms with E-state index in [0.717, 1.165) is 102 Å². The second-order valence-corrected chi connectivity index (χ2v) is 32.1. The number of hydrogen-bond donors (Lipinski definition) is 3. The van der Waals surface area contributed by atoms with Crippen molar-refractivity contribution >= 4 is 39.5 Å². The average molecular weight is 1440 g/mol. The molecule has 0 rings (SSSR count). The summed E-state index contributed by atoms with van der Waals surface area (Å²) in [4.78, 5) is 72.9. The zero-order valence-corrected chi connectivity index (χ0v) is 65.9. The van der Waals surface area contributed by atoms with Gasteiger partial charge in [-0.1, -0.05) is 363 Å². The number of rotatable bonds is 78. The molecule has 0 aliphatic rings. The molecule has 0 spiro atoms. The second-order valence-electron chi connectivity index (χ2n) is 29.2. The molecular weight excluding hydrogens is 1280 g/mol. The molecule has 0 aromatic rings. The number of phosphoric acid groups is 2. The SMILES string of the molecule is CCCCCCCCCCCCCCCC(=O)OC[C@H](COP(=O)(O)OC[C@@H](O)COP(=O)(O)OC[C@@H](COC(=O)CCCCCCCCCCCCCC)OC(=O)CCCCCCCCCCC(C)CC)OC(=O)CCCCCCCCCCCCCCCCCCCCC(C)C. The van der Waals surface area contributed by atoms with Crippen LogP contribution in [0.2, 0.25) is 0 Å². The number of aliphatic hydroxyl groups excluding tert-OH is 1. The van der Waals surface area contributed by atoms with E-state index in [2.05, 4.69) is 41.5 Å². The maximum Gasteiger partial charge on any atom is 0.472 e. The maximum atomic E-state index is 13.1. The summed E-state index contributed by atoms with van der Waals surface area (Å²) in [5, 5.41) is 10.6. The molecule has 3 unspecified atom stereocenters. The van der Waals surface area contributed by atoms with Crippen LogP contribution in [0.4, 0.5) is 0 Å². The molecule has 0 radical (unpaired) electrons. The Morgan fingerprint density at radius 1 is 0.296 bits per heavy atom. The van der Waals surface area contributed by atoms with Crippen LogP contribution in [-0.4, -0.2) is 96.7 Å². The van der Waals surface area contributed by atoms with Crippen LogP contribution in [0.5, 0.6) is 0 Å². The Morgan fingerprint density at radius 2 is 0.520 bits per heavy atom. The largest absolute Gasteiger partial charge is 0.472 e. The number of esters is 4. The molecule has 0 heterocycles. The highest BCUT2D eigenvalue weighted by molar-refractivity contribution is 7.47. The zero-order valence-electron chi connectivity index (χ0n) is 64.1. The first-order valence-corrected chi connectivity index (χ1v) is 44.0. The lowest BCUT2D eigenvalue weighted by Crippen LogP contribution is -2.30. The van der Waals surface area contributed by atoms with Gasteiger partial charge in [0.25, 0.3) is 0 Å². The lowest BCUT2D eigenvalue weighted by molar-refractivity contribution is -0.161. The summed E-state index contributed by atoms with van der Waals surface area (Å²) in [7, 11) is -9.92. The van der Waals surface area contributed by atoms with Crippen molar-refractivity contribution < 1.29 is 80.2 Å². The summed E-state index contributed by atoms with van der Waals surface area (Å²) >= 11 is 0. The molecule has 17 nitrogen and oxygen atoms in total. The van der Waals surface area contributed by atoms with E-state index in [9.17, 15) is 43.2 Å². The predicted molar refractivity (Wildman–Crippen MR) is 400 cm³/mol. The molecule has 582 valence electrons. The summed E-state index contributed by atoms with van der Waals surface area (Å²) < 4.78 is 68.6. The maximum absolute atomic E-state index is 13.1. The standard InChI is InChI=1S/C79H154O17P2/c1-7-10-12-14-16-18-20-28-33-37-44-50-56-62-77(82)89-67-74(95-78(83)63-57-51-45-38-34-30-27-25-23-22-24-26-29-31-35-41-47-53-59-71(4)5)69-93-97(85,86)91-65-73(80)66-92-98(87,88)94-70-75(96-79(84)64-58-52-46-40-39-42-48-54-60-72(6)9-3)68-90-76(81)61-55-49-43-36-32-21-19-17-15-13-11-8-2/h71-75,80H,7-70H2,1-6H3,(H,85,86)(H,87,88)/t72?,73-,74-,75-/m1/s1. The summed E-state index contributed by atoms with van der Waals surface area (Å²) in [6.07, 6.45) is 59.5. The van der Waals surface area contributed by atoms with Crippen LogP contribution in [0.25, 0.3) is 0 Å². The first-order valence-electron chi connectivity index (χ1n) is 41.0. The number of carbonyl (C=O) groups excluding carboxylic acids is 4. The van der Waals surface area contributed by atoms with Crippen molar-refractivity contribution in [2.45, 2.75) is 432 Å². The van der Waals surface area contributed by atoms with Crippen LogP contribution in [0.3, 0.4) is 0 Å². The number of aliphatic hydroxyl groups is 1. The molecule has 3 N–H and O–H groups in total. The highest BCUT2D eigenvalue weighted by Gasteiger charge is 2.30. The molecule has 0 amide bonds. The minimum atomic E-state index is -4.96. The van der Waals surface area contributed by atoms with E-state index < -0.39 is 97.5 Å². The molecule has 0 saturated heterocycles. The normalized spacial score (nSPS) is 14.2. The lowest BCUT2D eigenvalue weighted by atomic mass is 9.99. The number of hydrogen-bond acceptors (Lipinski definition) is 15. The van der Waals surface area contributed by atoms with Gasteiger partial charge in [-0.05, 0) is 37.5 Å². The number of phosphoric ester groups is 2. The van der Waals surface area contributed by atoms with Gasteiger partial charge in [-0.15, -0.1) is 0 Å². The first-order chi connectivity index (χ1) is 47.4. The van der Waals surface area contributed by atoms with Gasteiger partial charge >= 0.3 is 39.5 Å². The van der Waals surface area contributed by atoms with Gasteiger partial charge in [-0.2, -0.15) is 0 Å². The fourth-order valence-electron chi connectivity index (χ4n) is 12.2. The smallest absolute Gasteiger partial charge is 0.462 e. The van der Waals surface area contributed by atoms with Crippen LogP contribution in [0, 0.1) is 11.8 Å². The molecule has 6 atom stereocenters. The summed E-state index contributed by atoms with van der Waals surface area (Å²) in [6.45, 7) is 9.65. The van der Waals surface area contributed by atoms with Crippen molar-refractivity contribution in [1.29, 1.82) is 0 Å². The van der Waals surface area contributed by atoms with Gasteiger partial charge in [-0.25, -0.2) is 9.13 Å². The Bertz CT molecular complexity index is 1890. The van der Waals surface area contributed by atoms with E-state index in [-0.39, 0.29) is 25.7 Å². The van der Waals surface area contributed by atoms with Crippen LogP contribution in [0.15, 0.2) is 0 Å². The van der Waals surface area contributed by atoms with E-state index in [0.29, 0.717) is 25.7 Å². The van der Waals surface area contributed by atoms with Crippen LogP contribution in [0.1, 0.15) is 414 Å². The molecule has 0 aromatic carbocycles. The predicted octanol–water partition coefficient (Wildman–Crippen LogP) is 23.5. The van der Waals surface area contributed by atoms with E-state index in [1.165, 1.54) is 231 Å². The van der Waals surface area contributed by atoms with Gasteiger partial charge in [0.1, 0.15) is 19.3 Å². The molecule has 0 saturated carbocycles. The number of unbranched alkanes of at least 4 members (excludes halogenated alkanes) is 47. The molecule has 0 aliphatic heterocycles. The third kappa shape index (κ3) is 71.1. The van der Waals surface area contributed by atoms with E-state index in [1.807, 2.05) is 0 Å². The van der Waals surface area contributed by atoms with Crippen LogP contribution in [-0.2, 0) is 65.4 Å². The van der Waals surface area contributed by atoms with Gasteiger partial charge in [0, 0.05) is 25.7 Å². The van der Waals surface area contributed by atoms with Crippen molar-refractivity contribution in [3.63, 3.8) is 0 Å². The average Bonchev–Trinajstić information content (AvgIpc) is 0.966. The molecule has 19 heteroatoms. The van der Waals surface area contributed by atoms with Crippen molar-refractivity contribution in [1.82, 2.24) is 0 Å². The van der Waals surface area contributed by atoms with Crippen LogP contribution >= 0.6 is 15.6 Å². The zero-order chi connectivity index (χ0) is 72.1. The van der Waals surface area contributed by atoms with Crippen molar-refractivity contribution in [3.8, 4) is 0 Å². The highest BCUT2D eigenvalue weighted by atomic mass is 31.2. The molecule has 0 aliphatic carbocycles. The molecular formula is C79H154O17P2. The van der Waals surface area contributed by atoms with Gasteiger partial charge in [0.05, 0.1) is 26.4 Å². The number of ether oxygens (including phenoxy) is 4. The van der Waals surface area contributed by atoms with Gasteiger partial charge in [-0.3, -0.25) is 37.3 Å². The van der Waals surface area contributed by atoms with E-state index in [1.54, 1.807) is 0 Å². The Hall–Kier alpha value is -1.94. The highest BCUT2D eigenvalue weighted by Crippen LogP contribution is 2.45. The third-order valence-electron chi connectivity index (χ3n) is 18.8. The quantitative estimate of drug-likeness (QED) is 0.0222. The fraction of sp³-hybridized carbons (Fsp3) is 0.949. The van der Waals surface area contributed by atoms with Gasteiger partial charge < -0.3 is 33.8 Å². The Labute approximate surface area is 600 Å². The minimum Gasteiger partial charge on any atom is -0.462 e. The topological polar surface area (TPSA) is 237 Å². The first kappa shape index (κ1) is 96.1. The molecule has 0 fully saturated rings. The van der Waals surface area contributed by atoms with Crippen molar-refractivity contribution in [3.05, 3.63) is 0 Å². The minimum absolute atomic E-state index is 0.106. The van der Waals surface area contributed by atoms with Crippen molar-refractivity contribution in [2.24, 2.45) is 11.8 Å². The van der Waals surface area contributed by atoms with Gasteiger partial charge in [0.2, 0.25) is 0 Å². The van der Waals surface area contributed by atoms with Crippen molar-refractivity contribution in [2.75, 3.05) is 39.6 Å². The van der Waals surface area contributed by atoms with Gasteiger partial charge in [0.15, 0.2) is 12.2 Å². The summed E-state index contributed by atoms with van der Waals surface area (Å²) in [5.41, 5.74) is 0. The second kappa shape index (κ2) is 70.7. The Kier molecular flexibility index (Phi) is 69.3. The Morgan fingerprint density at radius 3 is 0.776 bits per heavy atom. The lowest BCUT2D eigenvalue weighted by Gasteiger charge is -2.21. The summed E-state index contributed by atoms with van der Waals surface area (Å²) in [6, 6.07) is 0. The molecule has 98 heavy (non-hydrogen) atoms. The Balaban J connectivity index is 5.22. The van der Waals surface area contributed by atoms with E-state index >= 15 is 0 Å². The summed E-state index contributed by atoms with van der Waals surface area (Å²) in [5.74, 6) is -0.521. The monoisotopic (exact) mass is 1440 g/mol. The van der Waals surface area contributed by atoms with Crippen LogP contribution < -0.4 is 0 Å². The molecule has 0 aromatic heterocycles. The fourth-order valence-corrected chi connectivity index (χ4v) is 13.7.